The van der Waals surface area contributed by atoms with E-state index in [0.717, 1.165) is 18.4 Å². The minimum absolute atomic E-state index is 0.102. The molecule has 13 heavy (non-hydrogen) atoms. The standard InChI is InChI=1S/C11H15ClO/c1-10(2)8-4-5-11(10,3)9(13)7(8)6-12/h6,8H,4-5H2,1-3H3/b7-6+/t8-,11+/m0/s1. The van der Waals surface area contributed by atoms with Crippen molar-refractivity contribution < 1.29 is 4.79 Å². The predicted octanol–water partition coefficient (Wildman–Crippen LogP) is 3.13. The van der Waals surface area contributed by atoms with Gasteiger partial charge in [-0.05, 0) is 24.2 Å². The highest BCUT2D eigenvalue weighted by Crippen LogP contribution is 2.65. The lowest BCUT2D eigenvalue weighted by Gasteiger charge is -2.31. The van der Waals surface area contributed by atoms with Gasteiger partial charge in [-0.3, -0.25) is 4.79 Å². The SMILES string of the molecule is CC1(C)[C@H]2CC[C@]1(C)C(=O)/C2=C/Cl. The average molecular weight is 199 g/mol. The van der Waals surface area contributed by atoms with Gasteiger partial charge in [0.2, 0.25) is 0 Å². The fourth-order valence-corrected chi connectivity index (χ4v) is 3.30. The van der Waals surface area contributed by atoms with Gasteiger partial charge in [0.15, 0.2) is 5.78 Å². The molecule has 2 atom stereocenters. The molecule has 0 saturated heterocycles. The van der Waals surface area contributed by atoms with Crippen LogP contribution in [-0.4, -0.2) is 5.78 Å². The molecule has 0 heterocycles. The number of hydrogen-bond acceptors (Lipinski definition) is 1. The minimum atomic E-state index is -0.154. The van der Waals surface area contributed by atoms with Crippen LogP contribution in [0.1, 0.15) is 33.6 Å². The molecule has 2 heteroatoms. The van der Waals surface area contributed by atoms with Crippen LogP contribution in [-0.2, 0) is 4.79 Å². The second-order valence-electron chi connectivity index (χ2n) is 5.04. The second-order valence-corrected chi connectivity index (χ2v) is 5.26. The number of rotatable bonds is 0. The Morgan fingerprint density at radius 2 is 2.08 bits per heavy atom. The number of carbonyl (C=O) groups excluding carboxylic acids is 1. The molecule has 2 bridgehead atoms. The molecule has 2 aliphatic rings. The molecule has 0 aliphatic heterocycles. The van der Waals surface area contributed by atoms with Crippen LogP contribution >= 0.6 is 11.6 Å². The normalized spacial score (nSPS) is 44.8. The third-order valence-electron chi connectivity index (χ3n) is 4.48. The van der Waals surface area contributed by atoms with Crippen LogP contribution < -0.4 is 0 Å². The van der Waals surface area contributed by atoms with Crippen molar-refractivity contribution >= 4 is 17.4 Å². The number of halogens is 1. The molecule has 0 amide bonds. The Kier molecular flexibility index (Phi) is 1.70. The molecule has 0 spiro atoms. The lowest BCUT2D eigenvalue weighted by atomic mass is 9.70. The fraction of sp³-hybridized carbons (Fsp3) is 0.727. The van der Waals surface area contributed by atoms with Gasteiger partial charge in [-0.25, -0.2) is 0 Å². The number of ketones is 1. The number of carbonyl (C=O) groups is 1. The van der Waals surface area contributed by atoms with Crippen LogP contribution in [0.2, 0.25) is 0 Å². The molecule has 2 saturated carbocycles. The van der Waals surface area contributed by atoms with Gasteiger partial charge in [-0.2, -0.15) is 0 Å². The summed E-state index contributed by atoms with van der Waals surface area (Å²) in [5.74, 6) is 0.672. The van der Waals surface area contributed by atoms with Crippen LogP contribution in [0.3, 0.4) is 0 Å². The minimum Gasteiger partial charge on any atom is -0.294 e. The zero-order chi connectivity index (χ0) is 9.85. The summed E-state index contributed by atoms with van der Waals surface area (Å²) in [4.78, 5) is 12.0. The molecular formula is C11H15ClO. The van der Waals surface area contributed by atoms with E-state index in [9.17, 15) is 4.79 Å². The summed E-state index contributed by atoms with van der Waals surface area (Å²) in [5.41, 5.74) is 2.31. The van der Waals surface area contributed by atoms with Crippen molar-refractivity contribution in [2.75, 3.05) is 0 Å². The van der Waals surface area contributed by atoms with Crippen molar-refractivity contribution in [1.82, 2.24) is 0 Å². The Morgan fingerprint density at radius 3 is 2.38 bits per heavy atom. The molecule has 2 fully saturated rings. The van der Waals surface area contributed by atoms with E-state index in [1.165, 1.54) is 5.54 Å². The molecule has 72 valence electrons. The third-order valence-corrected chi connectivity index (χ3v) is 4.72. The van der Waals surface area contributed by atoms with Crippen molar-refractivity contribution in [3.63, 3.8) is 0 Å². The summed E-state index contributed by atoms with van der Waals surface area (Å²) in [6.45, 7) is 6.47. The van der Waals surface area contributed by atoms with Gasteiger partial charge in [-0.1, -0.05) is 32.4 Å². The van der Waals surface area contributed by atoms with Crippen LogP contribution in [0.25, 0.3) is 0 Å². The van der Waals surface area contributed by atoms with Crippen molar-refractivity contribution in [3.05, 3.63) is 11.1 Å². The molecule has 0 radical (unpaired) electrons. The Labute approximate surface area is 84.2 Å². The molecule has 0 aromatic carbocycles. The van der Waals surface area contributed by atoms with E-state index >= 15 is 0 Å². The van der Waals surface area contributed by atoms with Crippen LogP contribution in [0, 0.1) is 16.7 Å². The van der Waals surface area contributed by atoms with Crippen LogP contribution in [0.5, 0.6) is 0 Å². The van der Waals surface area contributed by atoms with Gasteiger partial charge in [0.05, 0.1) is 0 Å². The topological polar surface area (TPSA) is 17.1 Å². The zero-order valence-corrected chi connectivity index (χ0v) is 9.11. The van der Waals surface area contributed by atoms with Crippen molar-refractivity contribution in [3.8, 4) is 0 Å². The highest BCUT2D eigenvalue weighted by Gasteiger charge is 2.63. The Balaban J connectivity index is 2.57. The summed E-state index contributed by atoms with van der Waals surface area (Å²) in [6.07, 6.45) is 2.14. The monoisotopic (exact) mass is 198 g/mol. The quantitative estimate of drug-likeness (QED) is 0.547. The maximum Gasteiger partial charge on any atom is 0.166 e. The van der Waals surface area contributed by atoms with Crippen molar-refractivity contribution in [2.45, 2.75) is 33.6 Å². The van der Waals surface area contributed by atoms with Gasteiger partial charge >= 0.3 is 0 Å². The van der Waals surface area contributed by atoms with Crippen molar-refractivity contribution in [2.24, 2.45) is 16.7 Å². The largest absolute Gasteiger partial charge is 0.294 e. The van der Waals surface area contributed by atoms with Gasteiger partial charge in [0.1, 0.15) is 0 Å². The number of allylic oxidation sites excluding steroid dienone is 1. The van der Waals surface area contributed by atoms with E-state index in [1.54, 1.807) is 0 Å². The van der Waals surface area contributed by atoms with E-state index in [1.807, 2.05) is 0 Å². The first-order chi connectivity index (χ1) is 5.95. The fourth-order valence-electron chi connectivity index (χ4n) is 3.05. The van der Waals surface area contributed by atoms with E-state index in [4.69, 9.17) is 11.6 Å². The van der Waals surface area contributed by atoms with E-state index in [-0.39, 0.29) is 16.6 Å². The highest BCUT2D eigenvalue weighted by molar-refractivity contribution is 6.28. The first-order valence-corrected chi connectivity index (χ1v) is 5.24. The molecule has 2 aliphatic carbocycles. The molecule has 0 aromatic rings. The molecule has 0 unspecified atom stereocenters. The first-order valence-electron chi connectivity index (χ1n) is 4.80. The van der Waals surface area contributed by atoms with E-state index < -0.39 is 0 Å². The molecule has 0 aromatic heterocycles. The van der Waals surface area contributed by atoms with Gasteiger partial charge in [-0.15, -0.1) is 0 Å². The molecular weight excluding hydrogens is 184 g/mol. The molecule has 0 N–H and O–H groups in total. The summed E-state index contributed by atoms with van der Waals surface area (Å²) >= 11 is 5.70. The van der Waals surface area contributed by atoms with E-state index in [0.29, 0.717) is 5.92 Å². The maximum atomic E-state index is 12.0. The Morgan fingerprint density at radius 1 is 1.46 bits per heavy atom. The predicted molar refractivity (Wildman–Crippen MR) is 53.6 cm³/mol. The molecule has 2 rings (SSSR count). The first kappa shape index (κ1) is 9.26. The summed E-state index contributed by atoms with van der Waals surface area (Å²) in [5, 5.41) is 0. The summed E-state index contributed by atoms with van der Waals surface area (Å²) < 4.78 is 0. The Bertz CT molecular complexity index is 303. The third kappa shape index (κ3) is 0.817. The number of Topliss-reactive ketones (excluding diaryl/α,β-unsaturated/α-hetero) is 1. The number of hydrogen-bond donors (Lipinski definition) is 0. The smallest absolute Gasteiger partial charge is 0.166 e. The van der Waals surface area contributed by atoms with Crippen molar-refractivity contribution in [1.29, 1.82) is 0 Å². The molecule has 1 nitrogen and oxygen atoms in total. The summed E-state index contributed by atoms with van der Waals surface area (Å²) in [7, 11) is 0. The second kappa shape index (κ2) is 2.38. The maximum absolute atomic E-state index is 12.0. The van der Waals surface area contributed by atoms with E-state index in [2.05, 4.69) is 20.8 Å². The number of fused-ring (bicyclic) bond motifs is 2. The van der Waals surface area contributed by atoms with Crippen LogP contribution in [0.15, 0.2) is 11.1 Å². The van der Waals surface area contributed by atoms with Crippen LogP contribution in [0.4, 0.5) is 0 Å². The van der Waals surface area contributed by atoms with Gasteiger partial charge in [0, 0.05) is 16.5 Å². The Hall–Kier alpha value is -0.300. The average Bonchev–Trinajstić information content (AvgIpc) is 2.36. The highest BCUT2D eigenvalue weighted by atomic mass is 35.5. The van der Waals surface area contributed by atoms with Gasteiger partial charge in [0.25, 0.3) is 0 Å². The zero-order valence-electron chi connectivity index (χ0n) is 8.36. The summed E-state index contributed by atoms with van der Waals surface area (Å²) in [6, 6.07) is 0. The lowest BCUT2D eigenvalue weighted by molar-refractivity contribution is -0.125. The lowest BCUT2D eigenvalue weighted by Crippen LogP contribution is -2.32. The van der Waals surface area contributed by atoms with Gasteiger partial charge < -0.3 is 0 Å².